The van der Waals surface area contributed by atoms with E-state index < -0.39 is 161 Å². The molecule has 0 spiro atoms. The summed E-state index contributed by atoms with van der Waals surface area (Å²) in [5, 5.41) is 120. The summed E-state index contributed by atoms with van der Waals surface area (Å²) in [6.45, 7) is -1.26. The van der Waals surface area contributed by atoms with Crippen LogP contribution in [0.2, 0.25) is 0 Å². The Balaban J connectivity index is 1.98. The zero-order valence-corrected chi connectivity index (χ0v) is 28.5. The third-order valence-corrected chi connectivity index (χ3v) is 8.73. The zero-order valence-electron chi connectivity index (χ0n) is 28.5. The maximum atomic E-state index is 12.4. The number of hydrogen-bond donors (Lipinski definition) is 14. The Labute approximate surface area is 296 Å². The van der Waals surface area contributed by atoms with E-state index in [9.17, 15) is 70.6 Å². The molecule has 3 fully saturated rings. The minimum atomic E-state index is -1.89. The van der Waals surface area contributed by atoms with E-state index in [2.05, 4.69) is 16.0 Å². The molecule has 52 heavy (non-hydrogen) atoms. The molecule has 18 atom stereocenters. The maximum Gasteiger partial charge on any atom is 0.217 e. The molecule has 0 aromatic heterocycles. The van der Waals surface area contributed by atoms with Crippen LogP contribution in [-0.4, -0.2) is 217 Å². The first-order valence-electron chi connectivity index (χ1n) is 16.4. The fraction of sp³-hybridized carbons (Fsp3) is 0.897. The number of amides is 3. The predicted molar refractivity (Wildman–Crippen MR) is 165 cm³/mol. The summed E-state index contributed by atoms with van der Waals surface area (Å²) in [6, 6.07) is -4.66. The number of aliphatic hydroxyl groups excluding tert-OH is 11. The summed E-state index contributed by atoms with van der Waals surface area (Å²) in [4.78, 5) is 36.6. The van der Waals surface area contributed by atoms with E-state index >= 15 is 0 Å². The Bertz CT molecular complexity index is 1160. The van der Waals surface area contributed by atoms with Crippen molar-refractivity contribution in [3.63, 3.8) is 0 Å². The molecule has 0 bridgehead atoms. The molecule has 302 valence electrons. The second-order valence-corrected chi connectivity index (χ2v) is 12.6. The summed E-state index contributed by atoms with van der Waals surface area (Å²) in [5.41, 5.74) is 0. The molecule has 0 unspecified atom stereocenters. The number of nitrogens with one attached hydrogen (secondary N) is 3. The van der Waals surface area contributed by atoms with Crippen LogP contribution in [-0.2, 0) is 42.8 Å². The van der Waals surface area contributed by atoms with E-state index in [1.807, 2.05) is 0 Å². The Kier molecular flexibility index (Phi) is 16.9. The van der Waals surface area contributed by atoms with Gasteiger partial charge in [-0.1, -0.05) is 0 Å². The van der Waals surface area contributed by atoms with Gasteiger partial charge in [-0.15, -0.1) is 0 Å². The molecule has 3 saturated heterocycles. The molecule has 0 radical (unpaired) electrons. The standard InChI is InChI=1S/C29H51N3O20/c1-9(38)30-17-23(45)21(43)14(6-35)48-27(17)51-25-16(8-37)50-28(18(24(25)46)31-10(2)39)52-26-19(32-11(3)40)29(49-15(7-36)22(26)44)47-13(5-34)20(42)12(41)4-33/h12-29,33-37,41-46H,4-8H2,1-3H3,(H,30,38)(H,31,39)(H,32,40)/t12-,13+,14-,15-,16-,17-,18-,19-,20-,21+,22-,23-,24-,25+,26-,27+,28-,29+/m1/s1. The summed E-state index contributed by atoms with van der Waals surface area (Å²) in [6.07, 6.45) is -25.6. The van der Waals surface area contributed by atoms with Gasteiger partial charge >= 0.3 is 0 Å². The molecular formula is C29H51N3O20. The lowest BCUT2D eigenvalue weighted by Gasteiger charge is -2.50. The second-order valence-electron chi connectivity index (χ2n) is 12.6. The van der Waals surface area contributed by atoms with Crippen molar-refractivity contribution in [1.82, 2.24) is 16.0 Å². The molecule has 0 saturated carbocycles. The molecule has 23 nitrogen and oxygen atoms in total. The molecule has 3 rings (SSSR count). The van der Waals surface area contributed by atoms with E-state index in [0.717, 1.165) is 20.8 Å². The van der Waals surface area contributed by atoms with Crippen LogP contribution in [0.25, 0.3) is 0 Å². The first kappa shape index (κ1) is 44.1. The molecule has 0 aliphatic carbocycles. The molecule has 3 amide bonds. The van der Waals surface area contributed by atoms with Crippen LogP contribution in [0.5, 0.6) is 0 Å². The summed E-state index contributed by atoms with van der Waals surface area (Å²) < 4.78 is 34.6. The van der Waals surface area contributed by atoms with Gasteiger partial charge in [-0.25, -0.2) is 0 Å². The van der Waals surface area contributed by atoms with Crippen LogP contribution in [0, 0.1) is 0 Å². The molecule has 14 N–H and O–H groups in total. The average Bonchev–Trinajstić information content (AvgIpc) is 3.10. The lowest BCUT2D eigenvalue weighted by Crippen LogP contribution is -2.71. The summed E-state index contributed by atoms with van der Waals surface area (Å²) in [7, 11) is 0. The van der Waals surface area contributed by atoms with E-state index in [1.165, 1.54) is 0 Å². The first-order valence-corrected chi connectivity index (χ1v) is 16.4. The van der Waals surface area contributed by atoms with E-state index in [-0.39, 0.29) is 0 Å². The first-order chi connectivity index (χ1) is 24.5. The van der Waals surface area contributed by atoms with Gasteiger partial charge < -0.3 is 101 Å². The van der Waals surface area contributed by atoms with Crippen molar-refractivity contribution in [1.29, 1.82) is 0 Å². The van der Waals surface area contributed by atoms with Gasteiger partial charge in [0.1, 0.15) is 91.4 Å². The van der Waals surface area contributed by atoms with E-state index in [4.69, 9.17) is 28.4 Å². The van der Waals surface area contributed by atoms with E-state index in [1.54, 1.807) is 0 Å². The normalized spacial score (nSPS) is 39.9. The maximum absolute atomic E-state index is 12.4. The van der Waals surface area contributed by atoms with Crippen LogP contribution in [0.3, 0.4) is 0 Å². The van der Waals surface area contributed by atoms with Gasteiger partial charge in [-0.3, -0.25) is 14.4 Å². The second kappa shape index (κ2) is 19.9. The molecular weight excluding hydrogens is 710 g/mol. The highest BCUT2D eigenvalue weighted by molar-refractivity contribution is 5.74. The number of hydrogen-bond acceptors (Lipinski definition) is 20. The van der Waals surface area contributed by atoms with Crippen molar-refractivity contribution < 1.29 is 99.0 Å². The Morgan fingerprint density at radius 2 is 1.02 bits per heavy atom. The van der Waals surface area contributed by atoms with Crippen LogP contribution < -0.4 is 16.0 Å². The molecule has 3 heterocycles. The van der Waals surface area contributed by atoms with Crippen molar-refractivity contribution in [2.75, 3.05) is 33.0 Å². The molecule has 0 aromatic carbocycles. The Hall–Kier alpha value is -2.27. The van der Waals surface area contributed by atoms with Crippen molar-refractivity contribution in [2.24, 2.45) is 0 Å². The monoisotopic (exact) mass is 761 g/mol. The average molecular weight is 762 g/mol. The summed E-state index contributed by atoms with van der Waals surface area (Å²) >= 11 is 0. The minimum Gasteiger partial charge on any atom is -0.394 e. The van der Waals surface area contributed by atoms with Crippen LogP contribution >= 0.6 is 0 Å². The fourth-order valence-corrected chi connectivity index (χ4v) is 6.13. The number of carbonyl (C=O) groups is 3. The van der Waals surface area contributed by atoms with E-state index in [0.29, 0.717) is 0 Å². The number of ether oxygens (including phenoxy) is 6. The highest BCUT2D eigenvalue weighted by Crippen LogP contribution is 2.33. The number of carbonyl (C=O) groups excluding carboxylic acids is 3. The number of rotatable bonds is 16. The van der Waals surface area contributed by atoms with Crippen LogP contribution in [0.15, 0.2) is 0 Å². The van der Waals surface area contributed by atoms with Gasteiger partial charge in [-0.05, 0) is 0 Å². The Morgan fingerprint density at radius 3 is 1.50 bits per heavy atom. The third kappa shape index (κ3) is 10.5. The molecule has 3 aliphatic heterocycles. The van der Waals surface area contributed by atoms with Crippen molar-refractivity contribution >= 4 is 17.7 Å². The van der Waals surface area contributed by atoms with Gasteiger partial charge in [0.25, 0.3) is 0 Å². The Morgan fingerprint density at radius 1 is 0.577 bits per heavy atom. The fourth-order valence-electron chi connectivity index (χ4n) is 6.13. The lowest BCUT2D eigenvalue weighted by atomic mass is 9.93. The zero-order chi connectivity index (χ0) is 39.0. The van der Waals surface area contributed by atoms with Gasteiger partial charge in [0.15, 0.2) is 18.9 Å². The van der Waals surface area contributed by atoms with Crippen LogP contribution in [0.4, 0.5) is 0 Å². The van der Waals surface area contributed by atoms with Gasteiger partial charge in [0, 0.05) is 20.8 Å². The molecule has 3 aliphatic rings. The quantitative estimate of drug-likeness (QED) is 0.0694. The summed E-state index contributed by atoms with van der Waals surface area (Å²) in [5.74, 6) is -2.19. The topological polar surface area (TPSA) is 365 Å². The smallest absolute Gasteiger partial charge is 0.217 e. The van der Waals surface area contributed by atoms with Crippen LogP contribution in [0.1, 0.15) is 20.8 Å². The van der Waals surface area contributed by atoms with Gasteiger partial charge in [-0.2, -0.15) is 0 Å². The highest BCUT2D eigenvalue weighted by Gasteiger charge is 2.55. The number of aliphatic hydroxyl groups is 11. The highest BCUT2D eigenvalue weighted by atomic mass is 16.7. The van der Waals surface area contributed by atoms with Crippen molar-refractivity contribution in [3.8, 4) is 0 Å². The molecule has 0 aromatic rings. The van der Waals surface area contributed by atoms with Crippen molar-refractivity contribution in [3.05, 3.63) is 0 Å². The SMILES string of the molecule is CC(=O)N[C@H]1[C@@H](O[C@H]2[C@H](O)[C@@H](CO)O[C@H](O[C@@H](CO)[C@H](O)[C@H](O)CO)[C@@H]2NC(C)=O)O[C@H](CO)[C@H](O[C@@H]2O[C@H](CO)[C@H](O)[C@H](O)[C@H]2NC(C)=O)[C@@H]1O. The van der Waals surface area contributed by atoms with Gasteiger partial charge in [0.2, 0.25) is 17.7 Å². The van der Waals surface area contributed by atoms with Crippen molar-refractivity contribution in [2.45, 2.75) is 131 Å². The minimum absolute atomic E-state index is 0.684. The predicted octanol–water partition coefficient (Wildman–Crippen LogP) is -9.04. The largest absolute Gasteiger partial charge is 0.394 e. The lowest BCUT2D eigenvalue weighted by molar-refractivity contribution is -0.354. The molecule has 23 heteroatoms. The van der Waals surface area contributed by atoms with Gasteiger partial charge in [0.05, 0.1) is 33.0 Å². The third-order valence-electron chi connectivity index (χ3n) is 8.73.